The fraction of sp³-hybridized carbons (Fsp3) is 0.0667. The summed E-state index contributed by atoms with van der Waals surface area (Å²) in [7, 11) is 0. The van der Waals surface area contributed by atoms with E-state index in [2.05, 4.69) is 10.6 Å². The van der Waals surface area contributed by atoms with E-state index in [1.807, 2.05) is 0 Å². The molecule has 0 aliphatic rings. The molecule has 22 heavy (non-hydrogen) atoms. The minimum Gasteiger partial charge on any atom is -0.343 e. The van der Waals surface area contributed by atoms with Crippen LogP contribution in [-0.4, -0.2) is 18.4 Å². The first-order valence-corrected chi connectivity index (χ1v) is 6.62. The van der Waals surface area contributed by atoms with E-state index in [0.29, 0.717) is 16.7 Å². The van der Waals surface area contributed by atoms with Gasteiger partial charge in [0.2, 0.25) is 5.91 Å². The number of carbonyl (C=O) groups is 2. The maximum absolute atomic E-state index is 13.4. The summed E-state index contributed by atoms with van der Waals surface area (Å²) in [5.41, 5.74) is 0.178. The van der Waals surface area contributed by atoms with Crippen molar-refractivity contribution in [3.63, 3.8) is 0 Å². The van der Waals surface area contributed by atoms with Crippen LogP contribution >= 0.6 is 11.6 Å². The van der Waals surface area contributed by atoms with Gasteiger partial charge in [-0.1, -0.05) is 11.6 Å². The summed E-state index contributed by atoms with van der Waals surface area (Å²) < 4.78 is 26.1. The van der Waals surface area contributed by atoms with E-state index in [1.54, 1.807) is 12.1 Å². The van der Waals surface area contributed by atoms with Crippen molar-refractivity contribution in [1.29, 1.82) is 0 Å². The molecule has 0 spiro atoms. The van der Waals surface area contributed by atoms with Gasteiger partial charge >= 0.3 is 0 Å². The van der Waals surface area contributed by atoms with Crippen LogP contribution in [0.4, 0.5) is 14.5 Å². The molecule has 0 radical (unpaired) electrons. The molecule has 0 heterocycles. The normalized spacial score (nSPS) is 10.1. The maximum atomic E-state index is 13.4. The van der Waals surface area contributed by atoms with Crippen LogP contribution in [0.3, 0.4) is 0 Å². The van der Waals surface area contributed by atoms with Crippen LogP contribution in [-0.2, 0) is 4.79 Å². The molecule has 2 N–H and O–H groups in total. The number of rotatable bonds is 4. The largest absolute Gasteiger partial charge is 0.343 e. The fourth-order valence-electron chi connectivity index (χ4n) is 1.65. The standard InChI is InChI=1S/C15H11ClF2N2O2/c16-10-3-1-9(2-4-10)15(22)19-8-14(21)20-13-6-5-11(17)7-12(13)18/h1-7H,8H2,(H,19,22)(H,20,21). The van der Waals surface area contributed by atoms with Crippen molar-refractivity contribution >= 4 is 29.1 Å². The van der Waals surface area contributed by atoms with Crippen LogP contribution in [0.25, 0.3) is 0 Å². The molecule has 0 aliphatic carbocycles. The molecule has 114 valence electrons. The Morgan fingerprint density at radius 1 is 1.05 bits per heavy atom. The van der Waals surface area contributed by atoms with Crippen molar-refractivity contribution in [2.45, 2.75) is 0 Å². The van der Waals surface area contributed by atoms with E-state index >= 15 is 0 Å². The van der Waals surface area contributed by atoms with E-state index < -0.39 is 23.4 Å². The van der Waals surface area contributed by atoms with E-state index in [-0.39, 0.29) is 12.2 Å². The van der Waals surface area contributed by atoms with E-state index in [1.165, 1.54) is 12.1 Å². The summed E-state index contributed by atoms with van der Waals surface area (Å²) in [6, 6.07) is 8.88. The van der Waals surface area contributed by atoms with Gasteiger partial charge < -0.3 is 10.6 Å². The van der Waals surface area contributed by atoms with Crippen molar-refractivity contribution < 1.29 is 18.4 Å². The number of halogens is 3. The van der Waals surface area contributed by atoms with Crippen molar-refractivity contribution in [3.05, 3.63) is 64.7 Å². The molecule has 0 saturated heterocycles. The smallest absolute Gasteiger partial charge is 0.251 e. The number of amides is 2. The molecular formula is C15H11ClF2N2O2. The topological polar surface area (TPSA) is 58.2 Å². The van der Waals surface area contributed by atoms with Gasteiger partial charge in [-0.3, -0.25) is 9.59 Å². The Bertz CT molecular complexity index is 705. The summed E-state index contributed by atoms with van der Waals surface area (Å²) in [6.07, 6.45) is 0. The molecule has 0 bridgehead atoms. The van der Waals surface area contributed by atoms with Crippen molar-refractivity contribution in [2.75, 3.05) is 11.9 Å². The number of carbonyl (C=O) groups excluding carboxylic acids is 2. The Morgan fingerprint density at radius 3 is 2.36 bits per heavy atom. The molecule has 7 heteroatoms. The Hall–Kier alpha value is -2.47. The lowest BCUT2D eigenvalue weighted by molar-refractivity contribution is -0.115. The minimum atomic E-state index is -0.891. The average molecular weight is 325 g/mol. The highest BCUT2D eigenvalue weighted by atomic mass is 35.5. The molecule has 0 aromatic heterocycles. The highest BCUT2D eigenvalue weighted by molar-refractivity contribution is 6.30. The highest BCUT2D eigenvalue weighted by Gasteiger charge is 2.10. The molecular weight excluding hydrogens is 314 g/mol. The van der Waals surface area contributed by atoms with Gasteiger partial charge in [-0.25, -0.2) is 8.78 Å². The van der Waals surface area contributed by atoms with Crippen LogP contribution in [0, 0.1) is 11.6 Å². The van der Waals surface area contributed by atoms with E-state index in [0.717, 1.165) is 12.1 Å². The van der Waals surface area contributed by atoms with Gasteiger partial charge in [0.15, 0.2) is 0 Å². The second kappa shape index (κ2) is 7.00. The van der Waals surface area contributed by atoms with Crippen LogP contribution in [0.5, 0.6) is 0 Å². The lowest BCUT2D eigenvalue weighted by Gasteiger charge is -2.08. The molecule has 0 saturated carbocycles. The second-order valence-electron chi connectivity index (χ2n) is 4.36. The summed E-state index contributed by atoms with van der Waals surface area (Å²) in [5, 5.41) is 5.10. The number of benzene rings is 2. The van der Waals surface area contributed by atoms with Crippen molar-refractivity contribution in [1.82, 2.24) is 5.32 Å². The average Bonchev–Trinajstić information content (AvgIpc) is 2.48. The van der Waals surface area contributed by atoms with Gasteiger partial charge in [0.25, 0.3) is 5.91 Å². The van der Waals surface area contributed by atoms with Gasteiger partial charge in [0, 0.05) is 16.7 Å². The highest BCUT2D eigenvalue weighted by Crippen LogP contribution is 2.14. The Balaban J connectivity index is 1.89. The van der Waals surface area contributed by atoms with E-state index in [9.17, 15) is 18.4 Å². The summed E-state index contributed by atoms with van der Waals surface area (Å²) in [5.74, 6) is -2.73. The Labute approximate surface area is 130 Å². The van der Waals surface area contributed by atoms with Crippen LogP contribution in [0.15, 0.2) is 42.5 Å². The van der Waals surface area contributed by atoms with Crippen molar-refractivity contribution in [2.24, 2.45) is 0 Å². The molecule has 0 aliphatic heterocycles. The third-order valence-electron chi connectivity index (χ3n) is 2.72. The van der Waals surface area contributed by atoms with Crippen molar-refractivity contribution in [3.8, 4) is 0 Å². The molecule has 2 amide bonds. The van der Waals surface area contributed by atoms with E-state index in [4.69, 9.17) is 11.6 Å². The number of hydrogen-bond acceptors (Lipinski definition) is 2. The van der Waals surface area contributed by atoms with Gasteiger partial charge in [0.05, 0.1) is 12.2 Å². The summed E-state index contributed by atoms with van der Waals surface area (Å²) >= 11 is 5.70. The molecule has 4 nitrogen and oxygen atoms in total. The zero-order chi connectivity index (χ0) is 16.1. The number of anilines is 1. The number of nitrogens with one attached hydrogen (secondary N) is 2. The van der Waals surface area contributed by atoms with Crippen LogP contribution in [0.1, 0.15) is 10.4 Å². The first-order valence-electron chi connectivity index (χ1n) is 6.24. The third-order valence-corrected chi connectivity index (χ3v) is 2.97. The van der Waals surface area contributed by atoms with Gasteiger partial charge in [-0.2, -0.15) is 0 Å². The summed E-state index contributed by atoms with van der Waals surface area (Å²) in [6.45, 7) is -0.349. The maximum Gasteiger partial charge on any atom is 0.251 e. The number of hydrogen-bond donors (Lipinski definition) is 2. The lowest BCUT2D eigenvalue weighted by Crippen LogP contribution is -2.33. The van der Waals surface area contributed by atoms with Crippen LogP contribution < -0.4 is 10.6 Å². The molecule has 0 atom stereocenters. The molecule has 2 aromatic carbocycles. The van der Waals surface area contributed by atoms with Gasteiger partial charge in [-0.05, 0) is 36.4 Å². The predicted molar refractivity (Wildman–Crippen MR) is 78.8 cm³/mol. The third kappa shape index (κ3) is 4.26. The Morgan fingerprint density at radius 2 is 1.73 bits per heavy atom. The molecule has 2 aromatic rings. The molecule has 0 fully saturated rings. The van der Waals surface area contributed by atoms with Crippen LogP contribution in [0.2, 0.25) is 5.02 Å². The quantitative estimate of drug-likeness (QED) is 0.908. The van der Waals surface area contributed by atoms with Gasteiger partial charge in [-0.15, -0.1) is 0 Å². The predicted octanol–water partition coefficient (Wildman–Crippen LogP) is 2.99. The zero-order valence-corrected chi connectivity index (χ0v) is 12.0. The SMILES string of the molecule is O=C(CNC(=O)c1ccc(Cl)cc1)Nc1ccc(F)cc1F. The fourth-order valence-corrected chi connectivity index (χ4v) is 1.78. The lowest BCUT2D eigenvalue weighted by atomic mass is 10.2. The second-order valence-corrected chi connectivity index (χ2v) is 4.80. The first kappa shape index (κ1) is 15.9. The zero-order valence-electron chi connectivity index (χ0n) is 11.2. The first-order chi connectivity index (χ1) is 10.5. The van der Waals surface area contributed by atoms with Gasteiger partial charge in [0.1, 0.15) is 11.6 Å². The Kier molecular flexibility index (Phi) is 5.06. The minimum absolute atomic E-state index is 0.160. The molecule has 2 rings (SSSR count). The summed E-state index contributed by atoms with van der Waals surface area (Å²) in [4.78, 5) is 23.4. The monoisotopic (exact) mass is 324 g/mol. The molecule has 0 unspecified atom stereocenters.